The summed E-state index contributed by atoms with van der Waals surface area (Å²) in [6.07, 6.45) is 14.7. The van der Waals surface area contributed by atoms with E-state index >= 15 is 0 Å². The highest BCUT2D eigenvalue weighted by Gasteiger charge is 2.40. The molecule has 0 atom stereocenters. The van der Waals surface area contributed by atoms with Gasteiger partial charge in [0.2, 0.25) is 0 Å². The van der Waals surface area contributed by atoms with Gasteiger partial charge in [0, 0.05) is 0 Å². The topological polar surface area (TPSA) is 61.4 Å². The van der Waals surface area contributed by atoms with E-state index in [1.807, 2.05) is 13.8 Å². The lowest BCUT2D eigenvalue weighted by Gasteiger charge is -2.35. The molecular weight excluding hydrogens is 312 g/mol. The fraction of sp³-hybridized carbons (Fsp3) is 0.952. The van der Waals surface area contributed by atoms with Gasteiger partial charge in [0.25, 0.3) is 0 Å². The summed E-state index contributed by atoms with van der Waals surface area (Å²) in [5, 5.41) is 16.5. The Balaban J connectivity index is 4.19. The third-order valence-electron chi connectivity index (χ3n) is 5.07. The smallest absolute Gasteiger partial charge is 0.339 e. The van der Waals surface area contributed by atoms with Crippen LogP contribution in [-0.2, 0) is 4.79 Å². The standard InChI is InChI=1S/C21H44N2O2/c1-5-7-9-11-13-15-17-22-21(19(3)4,20(24)25)23-18-16-14-12-10-8-6-2/h19,22-23H,5-18H2,1-4H3,(H,24,25). The maximum Gasteiger partial charge on any atom is 0.339 e. The third kappa shape index (κ3) is 10.9. The summed E-state index contributed by atoms with van der Waals surface area (Å²) in [7, 11) is 0. The average molecular weight is 357 g/mol. The lowest BCUT2D eigenvalue weighted by molar-refractivity contribution is -0.149. The Bertz CT molecular complexity index is 301. The van der Waals surface area contributed by atoms with Gasteiger partial charge in [0.15, 0.2) is 5.66 Å². The minimum absolute atomic E-state index is 0.00480. The molecule has 0 aromatic rings. The number of rotatable bonds is 18. The monoisotopic (exact) mass is 356 g/mol. The molecule has 4 nitrogen and oxygen atoms in total. The van der Waals surface area contributed by atoms with Gasteiger partial charge in [-0.15, -0.1) is 0 Å². The second-order valence-corrected chi connectivity index (χ2v) is 7.66. The highest BCUT2D eigenvalue weighted by Crippen LogP contribution is 2.16. The molecule has 0 aliphatic carbocycles. The van der Waals surface area contributed by atoms with Gasteiger partial charge in [-0.1, -0.05) is 91.9 Å². The SMILES string of the molecule is CCCCCCCCNC(NCCCCCCCC)(C(=O)O)C(C)C. The number of carbonyl (C=O) groups is 1. The van der Waals surface area contributed by atoms with Crippen LogP contribution >= 0.6 is 0 Å². The molecule has 0 spiro atoms. The maximum atomic E-state index is 11.9. The maximum absolute atomic E-state index is 11.9. The second-order valence-electron chi connectivity index (χ2n) is 7.66. The summed E-state index contributed by atoms with van der Waals surface area (Å²) in [6.45, 7) is 9.94. The van der Waals surface area contributed by atoms with Gasteiger partial charge in [-0.25, -0.2) is 4.79 Å². The van der Waals surface area contributed by atoms with Crippen LogP contribution in [0.25, 0.3) is 0 Å². The Kier molecular flexibility index (Phi) is 15.2. The zero-order valence-electron chi connectivity index (χ0n) is 17.3. The molecule has 0 aliphatic heterocycles. The highest BCUT2D eigenvalue weighted by atomic mass is 16.4. The molecule has 0 aromatic heterocycles. The van der Waals surface area contributed by atoms with Crippen molar-refractivity contribution >= 4 is 5.97 Å². The minimum atomic E-state index is -0.993. The first-order valence-corrected chi connectivity index (χ1v) is 10.7. The third-order valence-corrected chi connectivity index (χ3v) is 5.07. The molecular formula is C21H44N2O2. The van der Waals surface area contributed by atoms with Crippen LogP contribution in [0.15, 0.2) is 0 Å². The Morgan fingerprint density at radius 2 is 1.12 bits per heavy atom. The fourth-order valence-corrected chi connectivity index (χ4v) is 3.25. The van der Waals surface area contributed by atoms with Crippen molar-refractivity contribution in [1.29, 1.82) is 0 Å². The van der Waals surface area contributed by atoms with Crippen LogP contribution in [0.2, 0.25) is 0 Å². The number of unbranched alkanes of at least 4 members (excludes halogenated alkanes) is 10. The largest absolute Gasteiger partial charge is 0.479 e. The summed E-state index contributed by atoms with van der Waals surface area (Å²) in [4.78, 5) is 11.9. The van der Waals surface area contributed by atoms with Crippen molar-refractivity contribution in [1.82, 2.24) is 10.6 Å². The summed E-state index contributed by atoms with van der Waals surface area (Å²) >= 11 is 0. The first-order valence-electron chi connectivity index (χ1n) is 10.7. The van der Waals surface area contributed by atoms with Crippen LogP contribution in [0.3, 0.4) is 0 Å². The van der Waals surface area contributed by atoms with Crippen molar-refractivity contribution in [2.24, 2.45) is 5.92 Å². The first kappa shape index (κ1) is 24.4. The minimum Gasteiger partial charge on any atom is -0.479 e. The summed E-state index contributed by atoms with van der Waals surface area (Å²) in [5.74, 6) is -0.773. The van der Waals surface area contributed by atoms with E-state index in [9.17, 15) is 9.90 Å². The number of nitrogens with one attached hydrogen (secondary N) is 2. The molecule has 0 saturated carbocycles. The van der Waals surface area contributed by atoms with Gasteiger partial charge in [-0.3, -0.25) is 10.6 Å². The van der Waals surface area contributed by atoms with E-state index in [2.05, 4.69) is 24.5 Å². The molecule has 0 amide bonds. The highest BCUT2D eigenvalue weighted by molar-refractivity contribution is 5.78. The lowest BCUT2D eigenvalue weighted by Crippen LogP contribution is -2.66. The molecule has 0 unspecified atom stereocenters. The zero-order chi connectivity index (χ0) is 19.0. The molecule has 0 bridgehead atoms. The normalized spacial score (nSPS) is 12.0. The number of carboxylic acids is 1. The Morgan fingerprint density at radius 3 is 1.44 bits per heavy atom. The molecule has 0 fully saturated rings. The molecule has 25 heavy (non-hydrogen) atoms. The van der Waals surface area contributed by atoms with Gasteiger partial charge in [-0.2, -0.15) is 0 Å². The van der Waals surface area contributed by atoms with Crippen LogP contribution < -0.4 is 10.6 Å². The second kappa shape index (κ2) is 15.6. The average Bonchev–Trinajstić information content (AvgIpc) is 2.57. The summed E-state index contributed by atoms with van der Waals surface area (Å²) < 4.78 is 0. The zero-order valence-corrected chi connectivity index (χ0v) is 17.3. The van der Waals surface area contributed by atoms with Crippen LogP contribution in [0, 0.1) is 5.92 Å². The van der Waals surface area contributed by atoms with E-state index < -0.39 is 11.6 Å². The molecule has 150 valence electrons. The van der Waals surface area contributed by atoms with Gasteiger partial charge in [0.1, 0.15) is 0 Å². The predicted octanol–water partition coefficient (Wildman–Crippen LogP) is 5.32. The van der Waals surface area contributed by atoms with Crippen molar-refractivity contribution in [2.45, 2.75) is 110 Å². The predicted molar refractivity (Wildman–Crippen MR) is 108 cm³/mol. The Labute approximate surface area is 156 Å². The van der Waals surface area contributed by atoms with Gasteiger partial charge in [0.05, 0.1) is 0 Å². The lowest BCUT2D eigenvalue weighted by atomic mass is 9.95. The van der Waals surface area contributed by atoms with Crippen molar-refractivity contribution in [3.8, 4) is 0 Å². The van der Waals surface area contributed by atoms with Crippen LogP contribution in [0.1, 0.15) is 105 Å². The number of carboxylic acid groups (broad SMARTS) is 1. The van der Waals surface area contributed by atoms with Crippen LogP contribution in [-0.4, -0.2) is 29.8 Å². The van der Waals surface area contributed by atoms with Gasteiger partial charge >= 0.3 is 5.97 Å². The number of hydrogen-bond acceptors (Lipinski definition) is 3. The van der Waals surface area contributed by atoms with E-state index in [4.69, 9.17) is 0 Å². The fourth-order valence-electron chi connectivity index (χ4n) is 3.25. The summed E-state index contributed by atoms with van der Waals surface area (Å²) in [5.41, 5.74) is -0.993. The molecule has 0 rings (SSSR count). The van der Waals surface area contributed by atoms with Gasteiger partial charge in [-0.05, 0) is 31.8 Å². The Hall–Kier alpha value is -0.610. The number of hydrogen-bond donors (Lipinski definition) is 3. The van der Waals surface area contributed by atoms with Crippen molar-refractivity contribution in [2.75, 3.05) is 13.1 Å². The van der Waals surface area contributed by atoms with Crippen molar-refractivity contribution < 1.29 is 9.90 Å². The van der Waals surface area contributed by atoms with E-state index in [1.165, 1.54) is 64.2 Å². The first-order chi connectivity index (χ1) is 12.0. The Morgan fingerprint density at radius 1 is 0.760 bits per heavy atom. The van der Waals surface area contributed by atoms with Crippen molar-refractivity contribution in [3.63, 3.8) is 0 Å². The van der Waals surface area contributed by atoms with E-state index in [-0.39, 0.29) is 5.92 Å². The quantitative estimate of drug-likeness (QED) is 0.230. The van der Waals surface area contributed by atoms with Gasteiger partial charge < -0.3 is 5.11 Å². The molecule has 3 N–H and O–H groups in total. The van der Waals surface area contributed by atoms with Crippen LogP contribution in [0.4, 0.5) is 0 Å². The van der Waals surface area contributed by atoms with E-state index in [0.717, 1.165) is 25.9 Å². The van der Waals surface area contributed by atoms with Crippen molar-refractivity contribution in [3.05, 3.63) is 0 Å². The molecule has 0 saturated heterocycles. The molecule has 0 aliphatic rings. The van der Waals surface area contributed by atoms with E-state index in [0.29, 0.717) is 0 Å². The van der Waals surface area contributed by atoms with Crippen LogP contribution in [0.5, 0.6) is 0 Å². The molecule has 4 heteroatoms. The summed E-state index contributed by atoms with van der Waals surface area (Å²) in [6, 6.07) is 0. The molecule has 0 heterocycles. The number of aliphatic carboxylic acids is 1. The molecule has 0 aromatic carbocycles. The van der Waals surface area contributed by atoms with E-state index in [1.54, 1.807) is 0 Å². The molecule has 0 radical (unpaired) electrons.